The van der Waals surface area contributed by atoms with Crippen LogP contribution >= 0.6 is 11.6 Å². The molecule has 0 saturated heterocycles. The minimum absolute atomic E-state index is 0.0620. The molecule has 0 amide bonds. The number of hydrogen-bond acceptors (Lipinski definition) is 3. The van der Waals surface area contributed by atoms with Gasteiger partial charge in [0.2, 0.25) is 0 Å². The van der Waals surface area contributed by atoms with Crippen molar-refractivity contribution >= 4 is 11.6 Å². The Morgan fingerprint density at radius 2 is 2.00 bits per heavy atom. The van der Waals surface area contributed by atoms with Crippen LogP contribution in [0.25, 0.3) is 5.82 Å². The highest BCUT2D eigenvalue weighted by atomic mass is 35.5. The van der Waals surface area contributed by atoms with Gasteiger partial charge in [-0.3, -0.25) is 0 Å². The number of nitrogens with zero attached hydrogens (tertiary/aromatic N) is 3. The van der Waals surface area contributed by atoms with Crippen LogP contribution in [0.15, 0.2) is 18.5 Å². The van der Waals surface area contributed by atoms with E-state index >= 15 is 0 Å². The largest absolute Gasteiger partial charge is 0.417 e. The lowest BCUT2D eigenvalue weighted by Crippen LogP contribution is -2.13. The molecule has 0 radical (unpaired) electrons. The van der Waals surface area contributed by atoms with E-state index in [4.69, 9.17) is 11.6 Å². The van der Waals surface area contributed by atoms with Crippen molar-refractivity contribution < 1.29 is 13.2 Å². The van der Waals surface area contributed by atoms with Crippen molar-refractivity contribution in [1.82, 2.24) is 20.1 Å². The molecular formula is C13H14ClF3N4. The number of halogens is 4. The van der Waals surface area contributed by atoms with E-state index in [1.807, 2.05) is 20.9 Å². The van der Waals surface area contributed by atoms with Crippen LogP contribution in [0, 0.1) is 6.92 Å². The molecule has 21 heavy (non-hydrogen) atoms. The Morgan fingerprint density at radius 3 is 2.52 bits per heavy atom. The Hall–Kier alpha value is -1.60. The van der Waals surface area contributed by atoms with Crippen LogP contribution in [0.5, 0.6) is 0 Å². The van der Waals surface area contributed by atoms with E-state index in [0.29, 0.717) is 0 Å². The molecule has 114 valence electrons. The zero-order valence-electron chi connectivity index (χ0n) is 11.7. The van der Waals surface area contributed by atoms with Crippen molar-refractivity contribution in [2.45, 2.75) is 26.1 Å². The molecule has 0 aliphatic heterocycles. The third-order valence-corrected chi connectivity index (χ3v) is 3.58. The highest BCUT2D eigenvalue weighted by molar-refractivity contribution is 6.32. The van der Waals surface area contributed by atoms with E-state index < -0.39 is 11.7 Å². The Labute approximate surface area is 124 Å². The standard InChI is InChI=1S/C13H14ClF3N4/c1-7(18-3)10-6-20-21(8(10)2)12-11(14)4-9(5-19-12)13(15,16)17/h4-7,18H,1-3H3. The number of aromatic nitrogens is 3. The van der Waals surface area contributed by atoms with Crippen molar-refractivity contribution in [3.05, 3.63) is 40.3 Å². The van der Waals surface area contributed by atoms with E-state index in [0.717, 1.165) is 23.5 Å². The summed E-state index contributed by atoms with van der Waals surface area (Å²) in [6.45, 7) is 3.77. The van der Waals surface area contributed by atoms with Crippen LogP contribution in [0.4, 0.5) is 13.2 Å². The van der Waals surface area contributed by atoms with Crippen molar-refractivity contribution in [3.63, 3.8) is 0 Å². The molecule has 4 nitrogen and oxygen atoms in total. The zero-order chi connectivity index (χ0) is 15.8. The summed E-state index contributed by atoms with van der Waals surface area (Å²) >= 11 is 5.93. The monoisotopic (exact) mass is 318 g/mol. The molecule has 2 aromatic heterocycles. The molecule has 0 aromatic carbocycles. The summed E-state index contributed by atoms with van der Waals surface area (Å²) in [6, 6.07) is 0.915. The summed E-state index contributed by atoms with van der Waals surface area (Å²) in [4.78, 5) is 3.80. The maximum atomic E-state index is 12.6. The lowest BCUT2D eigenvalue weighted by Gasteiger charge is -2.12. The first-order chi connectivity index (χ1) is 9.75. The predicted molar refractivity (Wildman–Crippen MR) is 73.6 cm³/mol. The number of hydrogen-bond donors (Lipinski definition) is 1. The van der Waals surface area contributed by atoms with E-state index in [2.05, 4.69) is 15.4 Å². The molecule has 0 fully saturated rings. The fourth-order valence-corrected chi connectivity index (χ4v) is 2.20. The second kappa shape index (κ2) is 5.65. The van der Waals surface area contributed by atoms with Gasteiger partial charge in [0, 0.05) is 23.5 Å². The first-order valence-electron chi connectivity index (χ1n) is 6.20. The van der Waals surface area contributed by atoms with E-state index in [-0.39, 0.29) is 16.9 Å². The summed E-state index contributed by atoms with van der Waals surface area (Å²) in [5.41, 5.74) is 0.811. The molecule has 0 aliphatic carbocycles. The number of nitrogens with one attached hydrogen (secondary N) is 1. The van der Waals surface area contributed by atoms with Crippen LogP contribution in [-0.4, -0.2) is 21.8 Å². The van der Waals surface area contributed by atoms with Crippen molar-refractivity contribution in [2.24, 2.45) is 0 Å². The predicted octanol–water partition coefficient (Wildman–Crippen LogP) is 3.53. The van der Waals surface area contributed by atoms with Crippen molar-refractivity contribution in [3.8, 4) is 5.82 Å². The SMILES string of the molecule is CNC(C)c1cnn(-c2ncc(C(F)(F)F)cc2Cl)c1C. The number of alkyl halides is 3. The first kappa shape index (κ1) is 15.8. The Kier molecular flexibility index (Phi) is 4.25. The summed E-state index contributed by atoms with van der Waals surface area (Å²) in [5, 5.41) is 7.13. The van der Waals surface area contributed by atoms with Gasteiger partial charge in [0.25, 0.3) is 0 Å². The molecule has 1 N–H and O–H groups in total. The Bertz CT molecular complexity index is 651. The fraction of sp³-hybridized carbons (Fsp3) is 0.385. The maximum absolute atomic E-state index is 12.6. The highest BCUT2D eigenvalue weighted by Crippen LogP contribution is 2.32. The van der Waals surface area contributed by atoms with Gasteiger partial charge in [-0.15, -0.1) is 0 Å². The van der Waals surface area contributed by atoms with Gasteiger partial charge < -0.3 is 5.32 Å². The molecule has 1 unspecified atom stereocenters. The van der Waals surface area contributed by atoms with E-state index in [9.17, 15) is 13.2 Å². The van der Waals surface area contributed by atoms with E-state index in [1.54, 1.807) is 6.20 Å². The first-order valence-corrected chi connectivity index (χ1v) is 6.58. The summed E-state index contributed by atoms with van der Waals surface area (Å²) in [7, 11) is 1.81. The van der Waals surface area contributed by atoms with Gasteiger partial charge in [-0.25, -0.2) is 9.67 Å². The van der Waals surface area contributed by atoms with Crippen LogP contribution < -0.4 is 5.32 Å². The van der Waals surface area contributed by atoms with Crippen molar-refractivity contribution in [1.29, 1.82) is 0 Å². The minimum Gasteiger partial charge on any atom is -0.313 e. The lowest BCUT2D eigenvalue weighted by atomic mass is 10.1. The van der Waals surface area contributed by atoms with Gasteiger partial charge in [-0.2, -0.15) is 18.3 Å². The maximum Gasteiger partial charge on any atom is 0.417 e. The third kappa shape index (κ3) is 3.03. The van der Waals surface area contributed by atoms with Gasteiger partial charge in [-0.1, -0.05) is 11.6 Å². The quantitative estimate of drug-likeness (QED) is 0.941. The number of rotatable bonds is 3. The van der Waals surface area contributed by atoms with Gasteiger partial charge in [0.15, 0.2) is 5.82 Å². The number of pyridine rings is 1. The zero-order valence-corrected chi connectivity index (χ0v) is 12.4. The second-order valence-electron chi connectivity index (χ2n) is 4.63. The molecule has 8 heteroatoms. The fourth-order valence-electron chi connectivity index (χ4n) is 1.96. The van der Waals surface area contributed by atoms with Gasteiger partial charge in [-0.05, 0) is 27.0 Å². The Balaban J connectivity index is 2.46. The average Bonchev–Trinajstić information content (AvgIpc) is 2.78. The van der Waals surface area contributed by atoms with Gasteiger partial charge in [0.05, 0.1) is 16.8 Å². The molecule has 0 saturated carbocycles. The molecule has 0 bridgehead atoms. The molecular weight excluding hydrogens is 305 g/mol. The van der Waals surface area contributed by atoms with Crippen molar-refractivity contribution in [2.75, 3.05) is 7.05 Å². The molecule has 2 rings (SSSR count). The highest BCUT2D eigenvalue weighted by Gasteiger charge is 2.32. The smallest absolute Gasteiger partial charge is 0.313 e. The third-order valence-electron chi connectivity index (χ3n) is 3.30. The molecule has 2 heterocycles. The van der Waals surface area contributed by atoms with Gasteiger partial charge >= 0.3 is 6.18 Å². The van der Waals surface area contributed by atoms with Crippen LogP contribution in [0.3, 0.4) is 0 Å². The summed E-state index contributed by atoms with van der Waals surface area (Å²) < 4.78 is 39.3. The molecule has 0 spiro atoms. The Morgan fingerprint density at radius 1 is 1.33 bits per heavy atom. The molecule has 2 aromatic rings. The second-order valence-corrected chi connectivity index (χ2v) is 5.04. The van der Waals surface area contributed by atoms with Crippen LogP contribution in [-0.2, 0) is 6.18 Å². The topological polar surface area (TPSA) is 42.7 Å². The van der Waals surface area contributed by atoms with Crippen LogP contribution in [0.1, 0.15) is 29.8 Å². The van der Waals surface area contributed by atoms with Crippen LogP contribution in [0.2, 0.25) is 5.02 Å². The van der Waals surface area contributed by atoms with Gasteiger partial charge in [0.1, 0.15) is 0 Å². The molecule has 0 aliphatic rings. The lowest BCUT2D eigenvalue weighted by molar-refractivity contribution is -0.137. The minimum atomic E-state index is -4.47. The van der Waals surface area contributed by atoms with E-state index in [1.165, 1.54) is 4.68 Å². The summed E-state index contributed by atoms with van der Waals surface area (Å²) in [6.07, 6.45) is -2.07. The average molecular weight is 319 g/mol. The molecule has 1 atom stereocenters. The normalized spacial score (nSPS) is 13.5. The summed E-state index contributed by atoms with van der Waals surface area (Å²) in [5.74, 6) is 0.178.